The summed E-state index contributed by atoms with van der Waals surface area (Å²) in [7, 11) is 1.79. The molecule has 0 saturated heterocycles. The molecule has 3 aromatic rings. The van der Waals surface area contributed by atoms with Crippen molar-refractivity contribution in [1.82, 2.24) is 0 Å². The van der Waals surface area contributed by atoms with Crippen molar-refractivity contribution in [2.75, 3.05) is 12.4 Å². The van der Waals surface area contributed by atoms with Gasteiger partial charge in [0.15, 0.2) is 17.3 Å². The molecule has 1 aliphatic rings. The molecule has 0 unspecified atom stereocenters. The maximum atomic E-state index is 12.9. The van der Waals surface area contributed by atoms with Crippen LogP contribution in [0, 0.1) is 0 Å². The van der Waals surface area contributed by atoms with Crippen molar-refractivity contribution in [2.24, 2.45) is 0 Å². The summed E-state index contributed by atoms with van der Waals surface area (Å²) in [6, 6.07) is 16.5. The van der Waals surface area contributed by atoms with E-state index in [1.165, 1.54) is 12.1 Å². The molecule has 1 aliphatic carbocycles. The van der Waals surface area contributed by atoms with Crippen molar-refractivity contribution in [2.45, 2.75) is 0 Å². The molecule has 5 heteroatoms. The van der Waals surface area contributed by atoms with Gasteiger partial charge in [-0.05, 0) is 36.4 Å². The number of nitrogens with one attached hydrogen (secondary N) is 1. The third-order valence-corrected chi connectivity index (χ3v) is 4.97. The van der Waals surface area contributed by atoms with Crippen molar-refractivity contribution in [1.29, 1.82) is 0 Å². The fourth-order valence-electron chi connectivity index (χ4n) is 3.26. The predicted octanol–water partition coefficient (Wildman–Crippen LogP) is 4.39. The number of rotatable bonds is 3. The van der Waals surface area contributed by atoms with Crippen molar-refractivity contribution in [3.8, 4) is 0 Å². The minimum absolute atomic E-state index is 0.107. The molecule has 0 aromatic heterocycles. The molecular formula is C22H14ClNO3. The third-order valence-electron chi connectivity index (χ3n) is 4.68. The lowest BCUT2D eigenvalue weighted by atomic mass is 9.82. The fourth-order valence-corrected chi connectivity index (χ4v) is 3.57. The Hall–Kier alpha value is -3.24. The van der Waals surface area contributed by atoms with E-state index < -0.39 is 0 Å². The minimum Gasteiger partial charge on any atom is -0.388 e. The van der Waals surface area contributed by atoms with Crippen LogP contribution in [0.2, 0.25) is 5.02 Å². The van der Waals surface area contributed by atoms with Gasteiger partial charge in [-0.1, -0.05) is 35.9 Å². The predicted molar refractivity (Wildman–Crippen MR) is 104 cm³/mol. The van der Waals surface area contributed by atoms with Gasteiger partial charge in [0, 0.05) is 40.6 Å². The Balaban J connectivity index is 1.82. The Bertz CT molecular complexity index is 1120. The Morgan fingerprint density at radius 2 is 1.44 bits per heavy atom. The van der Waals surface area contributed by atoms with Crippen molar-refractivity contribution in [3.63, 3.8) is 0 Å². The Labute approximate surface area is 160 Å². The SMILES string of the molecule is CNc1ccc(C(=O)c2cc(Cl)c3c(c2)C(=O)c2ccccc2C3=O)cc1. The molecule has 1 N–H and O–H groups in total. The van der Waals surface area contributed by atoms with Gasteiger partial charge >= 0.3 is 0 Å². The Morgan fingerprint density at radius 1 is 0.815 bits per heavy atom. The number of benzene rings is 3. The van der Waals surface area contributed by atoms with Gasteiger partial charge < -0.3 is 5.32 Å². The molecule has 0 saturated carbocycles. The maximum absolute atomic E-state index is 12.9. The lowest BCUT2D eigenvalue weighted by Gasteiger charge is -2.19. The average molecular weight is 376 g/mol. The number of anilines is 1. The van der Waals surface area contributed by atoms with Crippen LogP contribution in [-0.2, 0) is 0 Å². The summed E-state index contributed by atoms with van der Waals surface area (Å²) in [5, 5.41) is 3.10. The highest BCUT2D eigenvalue weighted by Gasteiger charge is 2.32. The molecule has 0 bridgehead atoms. The molecule has 0 heterocycles. The van der Waals surface area contributed by atoms with Gasteiger partial charge in [-0.3, -0.25) is 14.4 Å². The van der Waals surface area contributed by atoms with Crippen molar-refractivity contribution >= 4 is 34.6 Å². The van der Waals surface area contributed by atoms with Gasteiger partial charge in [-0.15, -0.1) is 0 Å². The molecule has 4 rings (SSSR count). The third kappa shape index (κ3) is 2.75. The van der Waals surface area contributed by atoms with Crippen LogP contribution in [0.25, 0.3) is 0 Å². The molecule has 0 amide bonds. The maximum Gasteiger partial charge on any atom is 0.196 e. The molecule has 0 aliphatic heterocycles. The van der Waals surface area contributed by atoms with E-state index in [4.69, 9.17) is 11.6 Å². The lowest BCUT2D eigenvalue weighted by molar-refractivity contribution is 0.0978. The number of hydrogen-bond donors (Lipinski definition) is 1. The van der Waals surface area contributed by atoms with Crippen LogP contribution >= 0.6 is 11.6 Å². The first-order valence-electron chi connectivity index (χ1n) is 8.35. The van der Waals surface area contributed by atoms with E-state index >= 15 is 0 Å². The molecule has 0 spiro atoms. The van der Waals surface area contributed by atoms with E-state index in [0.29, 0.717) is 16.7 Å². The number of hydrogen-bond acceptors (Lipinski definition) is 4. The molecule has 4 nitrogen and oxygen atoms in total. The van der Waals surface area contributed by atoms with E-state index in [0.717, 1.165) is 5.69 Å². The number of carbonyl (C=O) groups excluding carboxylic acids is 3. The van der Waals surface area contributed by atoms with Crippen LogP contribution in [0.5, 0.6) is 0 Å². The highest BCUT2D eigenvalue weighted by Crippen LogP contribution is 2.33. The fraction of sp³-hybridized carbons (Fsp3) is 0.0455. The normalized spacial score (nSPS) is 12.4. The van der Waals surface area contributed by atoms with Crippen molar-refractivity contribution < 1.29 is 14.4 Å². The highest BCUT2D eigenvalue weighted by atomic mass is 35.5. The van der Waals surface area contributed by atoms with Gasteiger partial charge in [0.25, 0.3) is 0 Å². The first-order chi connectivity index (χ1) is 13.0. The van der Waals surface area contributed by atoms with E-state index in [1.54, 1.807) is 55.6 Å². The van der Waals surface area contributed by atoms with E-state index in [2.05, 4.69) is 5.32 Å². The monoisotopic (exact) mass is 375 g/mol. The quantitative estimate of drug-likeness (QED) is 0.539. The zero-order valence-electron chi connectivity index (χ0n) is 14.4. The summed E-state index contributed by atoms with van der Waals surface area (Å²) in [4.78, 5) is 38.5. The van der Waals surface area contributed by atoms with Gasteiger partial charge in [-0.25, -0.2) is 0 Å². The number of halogens is 1. The highest BCUT2D eigenvalue weighted by molar-refractivity contribution is 6.39. The zero-order chi connectivity index (χ0) is 19.1. The Kier molecular flexibility index (Phi) is 4.13. The standard InChI is InChI=1S/C22H14ClNO3/c1-24-14-8-6-12(7-9-14)20(25)13-10-17-19(18(23)11-13)22(27)16-5-3-2-4-15(16)21(17)26/h2-11,24H,1H3. The average Bonchev–Trinajstić information content (AvgIpc) is 2.71. The largest absolute Gasteiger partial charge is 0.388 e. The van der Waals surface area contributed by atoms with Crippen LogP contribution in [0.1, 0.15) is 47.8 Å². The number of fused-ring (bicyclic) bond motifs is 2. The molecular weight excluding hydrogens is 362 g/mol. The summed E-state index contributed by atoms with van der Waals surface area (Å²) in [6.45, 7) is 0. The number of ketones is 3. The minimum atomic E-state index is -0.303. The molecule has 0 fully saturated rings. The molecule has 132 valence electrons. The van der Waals surface area contributed by atoms with Crippen LogP contribution in [0.4, 0.5) is 5.69 Å². The van der Waals surface area contributed by atoms with Gasteiger partial charge in [0.05, 0.1) is 10.6 Å². The molecule has 0 radical (unpaired) electrons. The smallest absolute Gasteiger partial charge is 0.196 e. The van der Waals surface area contributed by atoms with Gasteiger partial charge in [0.2, 0.25) is 0 Å². The first-order valence-corrected chi connectivity index (χ1v) is 8.73. The van der Waals surface area contributed by atoms with Crippen LogP contribution in [0.3, 0.4) is 0 Å². The molecule has 3 aromatic carbocycles. The summed E-state index contributed by atoms with van der Waals surface area (Å²) < 4.78 is 0. The lowest BCUT2D eigenvalue weighted by Crippen LogP contribution is -2.22. The molecule has 27 heavy (non-hydrogen) atoms. The molecule has 0 atom stereocenters. The van der Waals surface area contributed by atoms with Crippen LogP contribution in [-0.4, -0.2) is 24.4 Å². The van der Waals surface area contributed by atoms with Crippen LogP contribution < -0.4 is 5.32 Å². The summed E-state index contributed by atoms with van der Waals surface area (Å²) in [5.41, 5.74) is 2.61. The second-order valence-corrected chi connectivity index (χ2v) is 6.65. The zero-order valence-corrected chi connectivity index (χ0v) is 15.1. The van der Waals surface area contributed by atoms with Crippen LogP contribution in [0.15, 0.2) is 60.7 Å². The van der Waals surface area contributed by atoms with Gasteiger partial charge in [-0.2, -0.15) is 0 Å². The van der Waals surface area contributed by atoms with E-state index in [-0.39, 0.29) is 39.1 Å². The topological polar surface area (TPSA) is 63.2 Å². The second-order valence-electron chi connectivity index (χ2n) is 6.24. The van der Waals surface area contributed by atoms with Gasteiger partial charge in [0.1, 0.15) is 0 Å². The summed E-state index contributed by atoms with van der Waals surface area (Å²) >= 11 is 6.32. The van der Waals surface area contributed by atoms with E-state index in [9.17, 15) is 14.4 Å². The van der Waals surface area contributed by atoms with Crippen molar-refractivity contribution in [3.05, 3.63) is 99.1 Å². The Morgan fingerprint density at radius 3 is 2.07 bits per heavy atom. The first kappa shape index (κ1) is 17.2. The summed E-state index contributed by atoms with van der Waals surface area (Å²) in [5.74, 6) is -0.869. The van der Waals surface area contributed by atoms with E-state index in [1.807, 2.05) is 0 Å². The summed E-state index contributed by atoms with van der Waals surface area (Å²) in [6.07, 6.45) is 0. The second kappa shape index (κ2) is 6.49. The number of carbonyl (C=O) groups is 3.